The molecule has 3 rings (SSSR count). The van der Waals surface area contributed by atoms with Crippen LogP contribution in [0.4, 0.5) is 5.69 Å². The van der Waals surface area contributed by atoms with E-state index in [0.717, 1.165) is 41.6 Å². The summed E-state index contributed by atoms with van der Waals surface area (Å²) in [5.41, 5.74) is 4.08. The number of hydrogen-bond acceptors (Lipinski definition) is 3. The summed E-state index contributed by atoms with van der Waals surface area (Å²) >= 11 is 0. The molecule has 0 aromatic heterocycles. The average Bonchev–Trinajstić information content (AvgIpc) is 2.74. The maximum atomic E-state index is 12.7. The van der Waals surface area contributed by atoms with E-state index in [1.165, 1.54) is 0 Å². The molecule has 1 aliphatic rings. The highest BCUT2D eigenvalue weighted by Gasteiger charge is 2.25. The van der Waals surface area contributed by atoms with E-state index in [4.69, 9.17) is 0 Å². The Bertz CT molecular complexity index is 962. The van der Waals surface area contributed by atoms with Crippen molar-refractivity contribution in [2.45, 2.75) is 50.8 Å². The molecule has 0 N–H and O–H groups in total. The standard InChI is InChI=1S/C23H30N2O3S/c1-18-7-8-19(2)22(17-18)24(3)23(26)14-11-20-9-12-21(13-10-20)29(27,28)25-15-5-4-6-16-25/h7-10,12-13,17H,4-6,11,14-16H2,1-3H3. The summed E-state index contributed by atoms with van der Waals surface area (Å²) in [4.78, 5) is 14.7. The van der Waals surface area contributed by atoms with Gasteiger partial charge in [-0.2, -0.15) is 4.31 Å². The minimum absolute atomic E-state index is 0.0451. The van der Waals surface area contributed by atoms with Crippen molar-refractivity contribution in [1.82, 2.24) is 4.31 Å². The predicted molar refractivity (Wildman–Crippen MR) is 117 cm³/mol. The van der Waals surface area contributed by atoms with Gasteiger partial charge in [-0.25, -0.2) is 8.42 Å². The summed E-state index contributed by atoms with van der Waals surface area (Å²) < 4.78 is 27.0. The third-order valence-electron chi connectivity index (χ3n) is 5.60. The van der Waals surface area contributed by atoms with E-state index in [2.05, 4.69) is 0 Å². The van der Waals surface area contributed by atoms with E-state index in [1.807, 2.05) is 44.2 Å². The van der Waals surface area contributed by atoms with Crippen molar-refractivity contribution in [2.24, 2.45) is 0 Å². The van der Waals surface area contributed by atoms with Gasteiger partial charge >= 0.3 is 0 Å². The normalized spacial score (nSPS) is 15.3. The van der Waals surface area contributed by atoms with Gasteiger partial charge in [0, 0.05) is 32.2 Å². The number of rotatable bonds is 6. The molecule has 156 valence electrons. The monoisotopic (exact) mass is 414 g/mol. The van der Waals surface area contributed by atoms with Gasteiger partial charge in [-0.1, -0.05) is 30.7 Å². The van der Waals surface area contributed by atoms with E-state index in [1.54, 1.807) is 28.4 Å². The van der Waals surface area contributed by atoms with Crippen LogP contribution >= 0.6 is 0 Å². The van der Waals surface area contributed by atoms with Crippen LogP contribution in [0.5, 0.6) is 0 Å². The third-order valence-corrected chi connectivity index (χ3v) is 7.52. The van der Waals surface area contributed by atoms with Crippen molar-refractivity contribution < 1.29 is 13.2 Å². The van der Waals surface area contributed by atoms with Gasteiger partial charge in [0.25, 0.3) is 0 Å². The van der Waals surface area contributed by atoms with Crippen LogP contribution in [0.25, 0.3) is 0 Å². The molecule has 0 unspecified atom stereocenters. The van der Waals surface area contributed by atoms with Crippen LogP contribution in [0.1, 0.15) is 42.4 Å². The molecule has 1 aliphatic heterocycles. The lowest BCUT2D eigenvalue weighted by Crippen LogP contribution is -2.35. The summed E-state index contributed by atoms with van der Waals surface area (Å²) in [6, 6.07) is 13.1. The van der Waals surface area contributed by atoms with Crippen LogP contribution in [0.15, 0.2) is 47.4 Å². The van der Waals surface area contributed by atoms with Gasteiger partial charge in [0.15, 0.2) is 0 Å². The first-order chi connectivity index (χ1) is 13.8. The summed E-state index contributed by atoms with van der Waals surface area (Å²) in [6.45, 7) is 5.22. The molecule has 6 heteroatoms. The molecule has 1 fully saturated rings. The summed E-state index contributed by atoms with van der Waals surface area (Å²) in [7, 11) is -1.61. The molecule has 1 heterocycles. The molecular weight excluding hydrogens is 384 g/mol. The summed E-state index contributed by atoms with van der Waals surface area (Å²) in [6.07, 6.45) is 3.90. The fourth-order valence-electron chi connectivity index (χ4n) is 3.72. The molecule has 0 saturated carbocycles. The molecule has 0 spiro atoms. The largest absolute Gasteiger partial charge is 0.315 e. The molecule has 29 heavy (non-hydrogen) atoms. The maximum absolute atomic E-state index is 12.7. The van der Waals surface area contributed by atoms with Gasteiger partial charge in [-0.05, 0) is 68.0 Å². The number of carbonyl (C=O) groups is 1. The predicted octanol–water partition coefficient (Wildman–Crippen LogP) is 4.07. The highest BCUT2D eigenvalue weighted by Crippen LogP contribution is 2.23. The Kier molecular flexibility index (Phi) is 6.75. The van der Waals surface area contributed by atoms with Gasteiger partial charge < -0.3 is 4.90 Å². The van der Waals surface area contributed by atoms with Gasteiger partial charge in [-0.15, -0.1) is 0 Å². The number of sulfonamides is 1. The van der Waals surface area contributed by atoms with Crippen molar-refractivity contribution in [3.63, 3.8) is 0 Å². The lowest BCUT2D eigenvalue weighted by molar-refractivity contribution is -0.118. The zero-order valence-corrected chi connectivity index (χ0v) is 18.3. The molecule has 2 aromatic rings. The highest BCUT2D eigenvalue weighted by atomic mass is 32.2. The Morgan fingerprint density at radius 1 is 1.00 bits per heavy atom. The van der Waals surface area contributed by atoms with Gasteiger partial charge in [-0.3, -0.25) is 4.79 Å². The van der Waals surface area contributed by atoms with Gasteiger partial charge in [0.05, 0.1) is 4.90 Å². The number of hydrogen-bond donors (Lipinski definition) is 0. The average molecular weight is 415 g/mol. The van der Waals surface area contributed by atoms with Crippen molar-refractivity contribution >= 4 is 21.6 Å². The minimum Gasteiger partial charge on any atom is -0.315 e. The minimum atomic E-state index is -3.41. The molecule has 5 nitrogen and oxygen atoms in total. The molecule has 0 atom stereocenters. The number of carbonyl (C=O) groups excluding carboxylic acids is 1. The highest BCUT2D eigenvalue weighted by molar-refractivity contribution is 7.89. The molecular formula is C23H30N2O3S. The smallest absolute Gasteiger partial charge is 0.243 e. The number of amides is 1. The van der Waals surface area contributed by atoms with Crippen molar-refractivity contribution in [2.75, 3.05) is 25.0 Å². The lowest BCUT2D eigenvalue weighted by Gasteiger charge is -2.25. The Labute approximate surface area is 174 Å². The lowest BCUT2D eigenvalue weighted by atomic mass is 10.1. The second kappa shape index (κ2) is 9.09. The maximum Gasteiger partial charge on any atom is 0.243 e. The van der Waals surface area contributed by atoms with Crippen molar-refractivity contribution in [1.29, 1.82) is 0 Å². The van der Waals surface area contributed by atoms with Crippen molar-refractivity contribution in [3.8, 4) is 0 Å². The van der Waals surface area contributed by atoms with E-state index >= 15 is 0 Å². The Balaban J connectivity index is 1.62. The number of benzene rings is 2. The number of nitrogens with zero attached hydrogens (tertiary/aromatic N) is 2. The van der Waals surface area contributed by atoms with E-state index < -0.39 is 10.0 Å². The molecule has 1 saturated heterocycles. The molecule has 0 aliphatic carbocycles. The van der Waals surface area contributed by atoms with Gasteiger partial charge in [0.2, 0.25) is 15.9 Å². The zero-order chi connectivity index (χ0) is 21.0. The Morgan fingerprint density at radius 2 is 1.66 bits per heavy atom. The molecule has 0 radical (unpaired) electrons. The fraction of sp³-hybridized carbons (Fsp3) is 0.435. The second-order valence-electron chi connectivity index (χ2n) is 7.85. The van der Waals surface area contributed by atoms with Crippen LogP contribution < -0.4 is 4.90 Å². The van der Waals surface area contributed by atoms with E-state index in [0.29, 0.717) is 30.8 Å². The topological polar surface area (TPSA) is 57.7 Å². The fourth-order valence-corrected chi connectivity index (χ4v) is 5.23. The first kappa shape index (κ1) is 21.5. The van der Waals surface area contributed by atoms with E-state index in [9.17, 15) is 13.2 Å². The second-order valence-corrected chi connectivity index (χ2v) is 9.79. The molecule has 1 amide bonds. The first-order valence-electron chi connectivity index (χ1n) is 10.2. The molecule has 0 bridgehead atoms. The van der Waals surface area contributed by atoms with Crippen LogP contribution in [0.3, 0.4) is 0 Å². The van der Waals surface area contributed by atoms with E-state index in [-0.39, 0.29) is 5.91 Å². The van der Waals surface area contributed by atoms with Crippen molar-refractivity contribution in [3.05, 3.63) is 59.2 Å². The van der Waals surface area contributed by atoms with Crippen LogP contribution in [-0.2, 0) is 21.2 Å². The summed E-state index contributed by atoms with van der Waals surface area (Å²) in [5, 5.41) is 0. The summed E-state index contributed by atoms with van der Waals surface area (Å²) in [5.74, 6) is 0.0451. The Hall–Kier alpha value is -2.18. The molecule has 2 aromatic carbocycles. The van der Waals surface area contributed by atoms with Crippen LogP contribution in [-0.4, -0.2) is 38.8 Å². The quantitative estimate of drug-likeness (QED) is 0.716. The zero-order valence-electron chi connectivity index (χ0n) is 17.5. The van der Waals surface area contributed by atoms with Crippen LogP contribution in [0, 0.1) is 13.8 Å². The number of aryl methyl sites for hydroxylation is 3. The first-order valence-corrected chi connectivity index (χ1v) is 11.7. The van der Waals surface area contributed by atoms with Crippen LogP contribution in [0.2, 0.25) is 0 Å². The SMILES string of the molecule is Cc1ccc(C)c(N(C)C(=O)CCc2ccc(S(=O)(=O)N3CCCCC3)cc2)c1. The Morgan fingerprint density at radius 3 is 2.31 bits per heavy atom. The number of anilines is 1. The number of piperidine rings is 1. The van der Waals surface area contributed by atoms with Gasteiger partial charge in [0.1, 0.15) is 0 Å². The third kappa shape index (κ3) is 5.06.